The van der Waals surface area contributed by atoms with Gasteiger partial charge < -0.3 is 9.15 Å². The first-order valence-electron chi connectivity index (χ1n) is 5.23. The number of rotatable bonds is 5. The van der Waals surface area contributed by atoms with Crippen molar-refractivity contribution >= 4 is 5.97 Å². The van der Waals surface area contributed by atoms with Gasteiger partial charge in [-0.1, -0.05) is 19.8 Å². The normalized spacial score (nSPS) is 10.3. The van der Waals surface area contributed by atoms with Gasteiger partial charge in [-0.25, -0.2) is 9.78 Å². The molecule has 1 aromatic heterocycles. The van der Waals surface area contributed by atoms with Gasteiger partial charge in [-0.2, -0.15) is 0 Å². The summed E-state index contributed by atoms with van der Waals surface area (Å²) >= 11 is 0. The van der Waals surface area contributed by atoms with Crippen LogP contribution >= 0.6 is 0 Å². The number of carbonyl (C=O) groups excluding carboxylic acids is 1. The third-order valence-corrected chi connectivity index (χ3v) is 2.21. The van der Waals surface area contributed by atoms with Crippen molar-refractivity contribution < 1.29 is 13.9 Å². The summed E-state index contributed by atoms with van der Waals surface area (Å²) in [6, 6.07) is 0. The number of methoxy groups -OCH3 is 1. The van der Waals surface area contributed by atoms with Gasteiger partial charge in [0.1, 0.15) is 0 Å². The summed E-state index contributed by atoms with van der Waals surface area (Å²) < 4.78 is 9.91. The topological polar surface area (TPSA) is 52.3 Å². The number of hydrogen-bond acceptors (Lipinski definition) is 4. The quantitative estimate of drug-likeness (QED) is 0.554. The lowest BCUT2D eigenvalue weighted by Gasteiger charge is -1.94. The predicted octanol–water partition coefficient (Wildman–Crippen LogP) is 2.50. The Labute approximate surface area is 89.6 Å². The molecule has 1 rings (SSSR count). The zero-order valence-corrected chi connectivity index (χ0v) is 9.50. The summed E-state index contributed by atoms with van der Waals surface area (Å²) in [6.45, 7) is 3.89. The fourth-order valence-electron chi connectivity index (χ4n) is 1.37. The van der Waals surface area contributed by atoms with Gasteiger partial charge in [0.05, 0.1) is 12.8 Å². The van der Waals surface area contributed by atoms with E-state index in [0.29, 0.717) is 11.6 Å². The SMILES string of the molecule is CCCCCc1nc(C)c(C(=O)OC)o1. The Morgan fingerprint density at radius 3 is 2.80 bits per heavy atom. The number of aromatic nitrogens is 1. The van der Waals surface area contributed by atoms with Crippen LogP contribution < -0.4 is 0 Å². The molecule has 84 valence electrons. The van der Waals surface area contributed by atoms with Gasteiger partial charge in [-0.3, -0.25) is 0 Å². The summed E-state index contributed by atoms with van der Waals surface area (Å²) in [4.78, 5) is 15.4. The molecule has 0 amide bonds. The lowest BCUT2D eigenvalue weighted by molar-refractivity contribution is 0.0562. The second kappa shape index (κ2) is 5.53. The molecule has 0 spiro atoms. The maximum atomic E-state index is 11.2. The third-order valence-electron chi connectivity index (χ3n) is 2.21. The van der Waals surface area contributed by atoms with Gasteiger partial charge in [-0.15, -0.1) is 0 Å². The Bertz CT molecular complexity index is 331. The van der Waals surface area contributed by atoms with E-state index >= 15 is 0 Å². The molecular weight excluding hydrogens is 194 g/mol. The van der Waals surface area contributed by atoms with Crippen LogP contribution in [0.1, 0.15) is 48.3 Å². The number of unbranched alkanes of at least 4 members (excludes halogenated alkanes) is 2. The van der Waals surface area contributed by atoms with E-state index in [4.69, 9.17) is 4.42 Å². The van der Waals surface area contributed by atoms with Crippen molar-refractivity contribution in [1.29, 1.82) is 0 Å². The fourth-order valence-corrected chi connectivity index (χ4v) is 1.37. The van der Waals surface area contributed by atoms with Crippen LogP contribution in [0.25, 0.3) is 0 Å². The molecule has 0 saturated carbocycles. The highest BCUT2D eigenvalue weighted by molar-refractivity contribution is 5.87. The third kappa shape index (κ3) is 3.08. The molecule has 1 aromatic rings. The molecule has 0 aromatic carbocycles. The summed E-state index contributed by atoms with van der Waals surface area (Å²) in [6.07, 6.45) is 4.13. The van der Waals surface area contributed by atoms with Crippen LogP contribution in [0.4, 0.5) is 0 Å². The van der Waals surface area contributed by atoms with Gasteiger partial charge >= 0.3 is 5.97 Å². The molecule has 0 aliphatic heterocycles. The molecule has 4 heteroatoms. The van der Waals surface area contributed by atoms with E-state index in [1.54, 1.807) is 6.92 Å². The highest BCUT2D eigenvalue weighted by Gasteiger charge is 2.17. The van der Waals surface area contributed by atoms with Gasteiger partial charge in [0, 0.05) is 6.42 Å². The fraction of sp³-hybridized carbons (Fsp3) is 0.636. The Hall–Kier alpha value is -1.32. The summed E-state index contributed by atoms with van der Waals surface area (Å²) in [5.74, 6) is 0.395. The minimum Gasteiger partial charge on any atom is -0.463 e. The Morgan fingerprint density at radius 2 is 2.20 bits per heavy atom. The standard InChI is InChI=1S/C11H17NO3/c1-4-5-6-7-9-12-8(2)10(15-9)11(13)14-3/h4-7H2,1-3H3. The van der Waals surface area contributed by atoms with Crippen LogP contribution in [0.2, 0.25) is 0 Å². The number of esters is 1. The van der Waals surface area contributed by atoms with Gasteiger partial charge in [0.2, 0.25) is 5.76 Å². The van der Waals surface area contributed by atoms with Crippen molar-refractivity contribution in [2.45, 2.75) is 39.5 Å². The van der Waals surface area contributed by atoms with Crippen LogP contribution in [0, 0.1) is 6.92 Å². The molecule has 0 saturated heterocycles. The molecule has 4 nitrogen and oxygen atoms in total. The van der Waals surface area contributed by atoms with Gasteiger partial charge in [0.25, 0.3) is 0 Å². The first kappa shape index (κ1) is 11.8. The second-order valence-electron chi connectivity index (χ2n) is 3.47. The zero-order chi connectivity index (χ0) is 11.3. The van der Waals surface area contributed by atoms with E-state index in [-0.39, 0.29) is 5.76 Å². The highest BCUT2D eigenvalue weighted by atomic mass is 16.5. The van der Waals surface area contributed by atoms with Crippen molar-refractivity contribution in [1.82, 2.24) is 4.98 Å². The Morgan fingerprint density at radius 1 is 1.47 bits per heavy atom. The average Bonchev–Trinajstić information content (AvgIpc) is 2.59. The molecule has 0 aliphatic carbocycles. The molecule has 1 heterocycles. The second-order valence-corrected chi connectivity index (χ2v) is 3.47. The number of ether oxygens (including phenoxy) is 1. The zero-order valence-electron chi connectivity index (χ0n) is 9.50. The molecule has 0 fully saturated rings. The van der Waals surface area contributed by atoms with Crippen molar-refractivity contribution in [3.63, 3.8) is 0 Å². The smallest absolute Gasteiger partial charge is 0.375 e. The minimum absolute atomic E-state index is 0.226. The van der Waals surface area contributed by atoms with E-state index in [1.807, 2.05) is 0 Å². The first-order valence-corrected chi connectivity index (χ1v) is 5.23. The number of carbonyl (C=O) groups is 1. The summed E-state index contributed by atoms with van der Waals surface area (Å²) in [5.41, 5.74) is 0.605. The van der Waals surface area contributed by atoms with Crippen molar-refractivity contribution in [3.05, 3.63) is 17.3 Å². The van der Waals surface area contributed by atoms with E-state index in [0.717, 1.165) is 25.7 Å². The maximum Gasteiger partial charge on any atom is 0.375 e. The largest absolute Gasteiger partial charge is 0.463 e. The lowest BCUT2D eigenvalue weighted by Crippen LogP contribution is -2.00. The Kier molecular flexibility index (Phi) is 4.34. The van der Waals surface area contributed by atoms with E-state index < -0.39 is 5.97 Å². The van der Waals surface area contributed by atoms with Crippen molar-refractivity contribution in [2.24, 2.45) is 0 Å². The van der Waals surface area contributed by atoms with Crippen molar-refractivity contribution in [2.75, 3.05) is 7.11 Å². The van der Waals surface area contributed by atoms with E-state index in [2.05, 4.69) is 16.6 Å². The summed E-state index contributed by atoms with van der Waals surface area (Å²) in [7, 11) is 1.33. The summed E-state index contributed by atoms with van der Waals surface area (Å²) in [5, 5.41) is 0. The first-order chi connectivity index (χ1) is 7.19. The number of nitrogens with zero attached hydrogens (tertiary/aromatic N) is 1. The molecule has 0 unspecified atom stereocenters. The van der Waals surface area contributed by atoms with Crippen molar-refractivity contribution in [3.8, 4) is 0 Å². The molecule has 0 aliphatic rings. The minimum atomic E-state index is -0.457. The average molecular weight is 211 g/mol. The monoisotopic (exact) mass is 211 g/mol. The highest BCUT2D eigenvalue weighted by Crippen LogP contribution is 2.13. The van der Waals surface area contributed by atoms with E-state index in [1.165, 1.54) is 7.11 Å². The van der Waals surface area contributed by atoms with Crippen LogP contribution in [0.5, 0.6) is 0 Å². The molecule has 0 bridgehead atoms. The molecule has 15 heavy (non-hydrogen) atoms. The number of hydrogen-bond donors (Lipinski definition) is 0. The molecular formula is C11H17NO3. The number of aryl methyl sites for hydroxylation is 2. The molecule has 0 radical (unpaired) electrons. The Balaban J connectivity index is 2.64. The van der Waals surface area contributed by atoms with Crippen LogP contribution in [0.15, 0.2) is 4.42 Å². The maximum absolute atomic E-state index is 11.2. The predicted molar refractivity (Wildman–Crippen MR) is 55.8 cm³/mol. The molecule has 0 N–H and O–H groups in total. The van der Waals surface area contributed by atoms with E-state index in [9.17, 15) is 4.79 Å². The lowest BCUT2D eigenvalue weighted by atomic mass is 10.2. The van der Waals surface area contributed by atoms with Crippen LogP contribution in [0.3, 0.4) is 0 Å². The molecule has 0 atom stereocenters. The van der Waals surface area contributed by atoms with Crippen LogP contribution in [-0.2, 0) is 11.2 Å². The number of oxazole rings is 1. The van der Waals surface area contributed by atoms with Crippen LogP contribution in [-0.4, -0.2) is 18.1 Å². The van der Waals surface area contributed by atoms with Gasteiger partial charge in [0.15, 0.2) is 5.89 Å². The van der Waals surface area contributed by atoms with Gasteiger partial charge in [-0.05, 0) is 13.3 Å².